The smallest absolute Gasteiger partial charge is 0.266 e. The summed E-state index contributed by atoms with van der Waals surface area (Å²) in [7, 11) is 1.64. The van der Waals surface area contributed by atoms with E-state index in [2.05, 4.69) is 4.98 Å². The van der Waals surface area contributed by atoms with E-state index in [4.69, 9.17) is 28.6 Å². The summed E-state index contributed by atoms with van der Waals surface area (Å²) in [5, 5.41) is 0.704. The molecule has 0 atom stereocenters. The molecule has 0 spiro atoms. The van der Waals surface area contributed by atoms with Crippen molar-refractivity contribution in [1.82, 2.24) is 9.88 Å². The van der Waals surface area contributed by atoms with Crippen molar-refractivity contribution in [3.8, 4) is 5.75 Å². The van der Waals surface area contributed by atoms with Crippen LogP contribution in [0.4, 0.5) is 0 Å². The first-order chi connectivity index (χ1) is 11.6. The van der Waals surface area contributed by atoms with Crippen LogP contribution in [0.2, 0.25) is 4.34 Å². The first kappa shape index (κ1) is 17.4. The molecular formula is C16H13ClN2O2S3. The minimum absolute atomic E-state index is 0.0789. The summed E-state index contributed by atoms with van der Waals surface area (Å²) in [6, 6.07) is 7.80. The first-order valence-corrected chi connectivity index (χ1v) is 9.48. The molecule has 0 N–H and O–H groups in total. The second-order valence-corrected chi connectivity index (χ2v) is 8.30. The van der Waals surface area contributed by atoms with Gasteiger partial charge in [-0.1, -0.05) is 47.7 Å². The number of ether oxygens (including phenoxy) is 1. The zero-order chi connectivity index (χ0) is 17.1. The highest BCUT2D eigenvalue weighted by Crippen LogP contribution is 2.33. The molecule has 1 aromatic carbocycles. The standard InChI is InChI=1S/C16H13ClN2O2S3/c1-21-11-4-2-10(3-5-11)6-7-19-15(20)12(23-16(19)22)8-14-18-9-13(17)24-14/h2-5,8-9H,6-7H2,1H3/b12-8-. The average molecular weight is 397 g/mol. The van der Waals surface area contributed by atoms with Crippen LogP contribution in [0.3, 0.4) is 0 Å². The van der Waals surface area contributed by atoms with Gasteiger partial charge in [-0.25, -0.2) is 4.98 Å². The Labute approximate surface area is 158 Å². The fraction of sp³-hybridized carbons (Fsp3) is 0.188. The van der Waals surface area contributed by atoms with Gasteiger partial charge < -0.3 is 4.74 Å². The van der Waals surface area contributed by atoms with E-state index < -0.39 is 0 Å². The molecular weight excluding hydrogens is 384 g/mol. The Balaban J connectivity index is 1.66. The third-order valence-corrected chi connectivity index (χ3v) is 5.85. The largest absolute Gasteiger partial charge is 0.497 e. The van der Waals surface area contributed by atoms with E-state index >= 15 is 0 Å². The molecule has 8 heteroatoms. The van der Waals surface area contributed by atoms with Crippen LogP contribution in [-0.2, 0) is 11.2 Å². The average Bonchev–Trinajstić information content (AvgIpc) is 3.10. The van der Waals surface area contributed by atoms with Gasteiger partial charge in [0.25, 0.3) is 5.91 Å². The molecule has 1 aliphatic rings. The summed E-state index contributed by atoms with van der Waals surface area (Å²) in [5.74, 6) is 0.735. The molecule has 0 unspecified atom stereocenters. The molecule has 1 fully saturated rings. The first-order valence-electron chi connectivity index (χ1n) is 7.06. The van der Waals surface area contributed by atoms with Gasteiger partial charge in [0.15, 0.2) is 0 Å². The lowest BCUT2D eigenvalue weighted by Crippen LogP contribution is -2.30. The van der Waals surface area contributed by atoms with E-state index in [0.717, 1.165) is 17.7 Å². The van der Waals surface area contributed by atoms with Gasteiger partial charge in [0.1, 0.15) is 19.4 Å². The van der Waals surface area contributed by atoms with E-state index in [1.165, 1.54) is 23.1 Å². The molecule has 1 amide bonds. The molecule has 0 bridgehead atoms. The van der Waals surface area contributed by atoms with Gasteiger partial charge in [0.05, 0.1) is 18.2 Å². The van der Waals surface area contributed by atoms with Gasteiger partial charge in [-0.05, 0) is 30.2 Å². The number of aromatic nitrogens is 1. The molecule has 1 aliphatic heterocycles. The van der Waals surface area contributed by atoms with Crippen LogP contribution in [0.1, 0.15) is 10.6 Å². The van der Waals surface area contributed by atoms with Crippen LogP contribution >= 0.6 is 46.9 Å². The van der Waals surface area contributed by atoms with Crippen molar-refractivity contribution in [3.63, 3.8) is 0 Å². The molecule has 4 nitrogen and oxygen atoms in total. The van der Waals surface area contributed by atoms with Crippen LogP contribution < -0.4 is 4.74 Å². The zero-order valence-electron chi connectivity index (χ0n) is 12.7. The zero-order valence-corrected chi connectivity index (χ0v) is 15.9. The minimum atomic E-state index is -0.0789. The predicted molar refractivity (Wildman–Crippen MR) is 104 cm³/mol. The summed E-state index contributed by atoms with van der Waals surface area (Å²) in [5.41, 5.74) is 1.13. The number of hydrogen-bond donors (Lipinski definition) is 0. The molecule has 0 radical (unpaired) electrons. The second-order valence-electron chi connectivity index (χ2n) is 4.93. The number of benzene rings is 1. The van der Waals surface area contributed by atoms with E-state index in [9.17, 15) is 4.79 Å². The number of thiazole rings is 1. The van der Waals surface area contributed by atoms with Crippen LogP contribution in [0.25, 0.3) is 6.08 Å². The molecule has 0 aliphatic carbocycles. The highest BCUT2D eigenvalue weighted by atomic mass is 35.5. The van der Waals surface area contributed by atoms with E-state index in [0.29, 0.717) is 25.1 Å². The lowest BCUT2D eigenvalue weighted by Gasteiger charge is -2.14. The monoisotopic (exact) mass is 396 g/mol. The van der Waals surface area contributed by atoms with Crippen molar-refractivity contribution in [2.75, 3.05) is 13.7 Å². The number of methoxy groups -OCH3 is 1. The fourth-order valence-corrected chi connectivity index (χ4v) is 4.40. The van der Waals surface area contributed by atoms with Crippen LogP contribution in [0.15, 0.2) is 35.4 Å². The summed E-state index contributed by atoms with van der Waals surface area (Å²) < 4.78 is 6.31. The summed E-state index contributed by atoms with van der Waals surface area (Å²) in [6.45, 7) is 0.549. The summed E-state index contributed by atoms with van der Waals surface area (Å²) in [6.07, 6.45) is 4.04. The molecule has 3 rings (SSSR count). The van der Waals surface area contributed by atoms with Crippen molar-refractivity contribution in [2.24, 2.45) is 0 Å². The van der Waals surface area contributed by atoms with Crippen molar-refractivity contribution in [1.29, 1.82) is 0 Å². The molecule has 124 valence electrons. The lowest BCUT2D eigenvalue weighted by molar-refractivity contribution is -0.122. The van der Waals surface area contributed by atoms with Gasteiger partial charge in [0, 0.05) is 6.54 Å². The van der Waals surface area contributed by atoms with Crippen molar-refractivity contribution in [2.45, 2.75) is 6.42 Å². The third kappa shape index (κ3) is 3.97. The van der Waals surface area contributed by atoms with Crippen molar-refractivity contribution in [3.05, 3.63) is 50.3 Å². The number of carbonyl (C=O) groups is 1. The summed E-state index contributed by atoms with van der Waals surface area (Å²) in [4.78, 5) is 18.9. The Bertz CT molecular complexity index is 802. The van der Waals surface area contributed by atoms with E-state index in [-0.39, 0.29) is 5.91 Å². The highest BCUT2D eigenvalue weighted by Gasteiger charge is 2.31. The molecule has 0 saturated carbocycles. The van der Waals surface area contributed by atoms with E-state index in [1.54, 1.807) is 24.3 Å². The van der Waals surface area contributed by atoms with Crippen molar-refractivity contribution < 1.29 is 9.53 Å². The maximum Gasteiger partial charge on any atom is 0.266 e. The number of thiocarbonyl (C=S) groups is 1. The van der Waals surface area contributed by atoms with Gasteiger partial charge in [-0.15, -0.1) is 11.3 Å². The fourth-order valence-electron chi connectivity index (χ4n) is 2.17. The SMILES string of the molecule is COc1ccc(CCN2C(=O)/C(=C/c3ncc(Cl)s3)SC2=S)cc1. The second kappa shape index (κ2) is 7.65. The number of hydrogen-bond acceptors (Lipinski definition) is 6. The number of rotatable bonds is 5. The number of amides is 1. The maximum atomic E-state index is 12.5. The summed E-state index contributed by atoms with van der Waals surface area (Å²) >= 11 is 13.8. The number of thioether (sulfide) groups is 1. The van der Waals surface area contributed by atoms with Gasteiger partial charge in [0.2, 0.25) is 0 Å². The van der Waals surface area contributed by atoms with Gasteiger partial charge in [-0.2, -0.15) is 0 Å². The molecule has 24 heavy (non-hydrogen) atoms. The quantitative estimate of drug-likeness (QED) is 0.558. The Morgan fingerprint density at radius 2 is 2.12 bits per heavy atom. The highest BCUT2D eigenvalue weighted by molar-refractivity contribution is 8.26. The minimum Gasteiger partial charge on any atom is -0.497 e. The molecule has 2 aromatic rings. The number of halogens is 1. The normalized spacial score (nSPS) is 16.2. The lowest BCUT2D eigenvalue weighted by atomic mass is 10.1. The van der Waals surface area contributed by atoms with Crippen LogP contribution in [-0.4, -0.2) is 33.8 Å². The molecule has 2 heterocycles. The molecule has 1 aromatic heterocycles. The predicted octanol–water partition coefficient (Wildman–Crippen LogP) is 4.25. The van der Waals surface area contributed by atoms with Crippen LogP contribution in [0, 0.1) is 0 Å². The van der Waals surface area contributed by atoms with Crippen molar-refractivity contribution >= 4 is 63.2 Å². The maximum absolute atomic E-state index is 12.5. The van der Waals surface area contributed by atoms with E-state index in [1.807, 2.05) is 24.3 Å². The third-order valence-electron chi connectivity index (χ3n) is 3.41. The topological polar surface area (TPSA) is 42.4 Å². The Kier molecular flexibility index (Phi) is 5.55. The Morgan fingerprint density at radius 3 is 2.75 bits per heavy atom. The Morgan fingerprint density at radius 1 is 1.38 bits per heavy atom. The van der Waals surface area contributed by atoms with Gasteiger partial charge in [-0.3, -0.25) is 9.69 Å². The van der Waals surface area contributed by atoms with Crippen LogP contribution in [0.5, 0.6) is 5.75 Å². The molecule has 1 saturated heterocycles. The number of carbonyl (C=O) groups excluding carboxylic acids is 1. The Hall–Kier alpha value is -1.41. The van der Waals surface area contributed by atoms with Gasteiger partial charge >= 0.3 is 0 Å². The number of nitrogens with zero attached hydrogens (tertiary/aromatic N) is 2.